The summed E-state index contributed by atoms with van der Waals surface area (Å²) in [6.07, 6.45) is 4.46. The van der Waals surface area contributed by atoms with Crippen LogP contribution in [0, 0.1) is 5.82 Å². The summed E-state index contributed by atoms with van der Waals surface area (Å²) in [5.74, 6) is -0.401. The second kappa shape index (κ2) is 11.3. The van der Waals surface area contributed by atoms with Gasteiger partial charge in [-0.05, 0) is 57.6 Å². The maximum absolute atomic E-state index is 13.1. The summed E-state index contributed by atoms with van der Waals surface area (Å²) in [5, 5.41) is 3.01. The fraction of sp³-hybridized carbons (Fsp3) is 0.129. The third-order valence-corrected chi connectivity index (χ3v) is 5.89. The first kappa shape index (κ1) is 24.0. The second-order valence-electron chi connectivity index (χ2n) is 8.64. The molecule has 0 saturated heterocycles. The molecule has 1 amide bonds. The maximum Gasteiger partial charge on any atom is 0.224 e. The molecule has 0 aromatic heterocycles. The number of nitrogens with zero attached hydrogens (tertiary/aromatic N) is 1. The van der Waals surface area contributed by atoms with Crippen LogP contribution < -0.4 is 10.2 Å². The molecule has 0 radical (unpaired) electrons. The third-order valence-electron chi connectivity index (χ3n) is 5.89. The van der Waals surface area contributed by atoms with Crippen LogP contribution in [0.15, 0.2) is 97.1 Å². The fourth-order valence-electron chi connectivity index (χ4n) is 3.94. The van der Waals surface area contributed by atoms with Crippen molar-refractivity contribution in [2.75, 3.05) is 19.0 Å². The Morgan fingerprint density at radius 2 is 1.46 bits per heavy atom. The number of nitrogens with one attached hydrogen (secondary N) is 1. The number of hydrogen-bond acceptors (Lipinski definition) is 2. The predicted octanol–water partition coefficient (Wildman–Crippen LogP) is 6.59. The molecule has 0 aliphatic carbocycles. The molecule has 0 saturated carbocycles. The fourth-order valence-corrected chi connectivity index (χ4v) is 3.94. The van der Waals surface area contributed by atoms with E-state index in [4.69, 9.17) is 0 Å². The van der Waals surface area contributed by atoms with E-state index in [1.807, 2.05) is 44.4 Å². The standard InChI is InChI=1S/C31H29FN2O/c1-34(2)28-19-14-23(15-20-28)11-16-25-7-3-5-9-29(25)30-10-6-4-8-26(30)22-33-31(35)21-24-12-17-27(32)18-13-24/h3-20H,21-22H2,1-2H3,(H,33,35). The van der Waals surface area contributed by atoms with Crippen LogP contribution in [0.25, 0.3) is 23.3 Å². The van der Waals surface area contributed by atoms with Gasteiger partial charge in [-0.15, -0.1) is 0 Å². The highest BCUT2D eigenvalue weighted by atomic mass is 19.1. The van der Waals surface area contributed by atoms with E-state index in [1.165, 1.54) is 12.1 Å². The topological polar surface area (TPSA) is 32.3 Å². The van der Waals surface area contributed by atoms with Gasteiger partial charge in [0.15, 0.2) is 0 Å². The van der Waals surface area contributed by atoms with Gasteiger partial charge in [0.05, 0.1) is 6.42 Å². The van der Waals surface area contributed by atoms with E-state index < -0.39 is 0 Å². The lowest BCUT2D eigenvalue weighted by atomic mass is 9.94. The Balaban J connectivity index is 1.51. The van der Waals surface area contributed by atoms with Crippen molar-refractivity contribution in [3.63, 3.8) is 0 Å². The van der Waals surface area contributed by atoms with Crippen LogP contribution in [0.2, 0.25) is 0 Å². The van der Waals surface area contributed by atoms with Crippen molar-refractivity contribution in [2.24, 2.45) is 0 Å². The smallest absolute Gasteiger partial charge is 0.224 e. The second-order valence-corrected chi connectivity index (χ2v) is 8.64. The molecule has 4 aromatic rings. The molecule has 35 heavy (non-hydrogen) atoms. The number of hydrogen-bond donors (Lipinski definition) is 1. The third kappa shape index (κ3) is 6.45. The quantitative estimate of drug-likeness (QED) is 0.299. The zero-order valence-corrected chi connectivity index (χ0v) is 20.0. The minimum atomic E-state index is -0.304. The number of benzene rings is 4. The molecule has 4 rings (SSSR count). The van der Waals surface area contributed by atoms with Crippen molar-refractivity contribution >= 4 is 23.7 Å². The first-order chi connectivity index (χ1) is 17.0. The Morgan fingerprint density at radius 1 is 0.800 bits per heavy atom. The van der Waals surface area contributed by atoms with E-state index in [-0.39, 0.29) is 18.1 Å². The Bertz CT molecular complexity index is 1310. The first-order valence-electron chi connectivity index (χ1n) is 11.6. The number of anilines is 1. The van der Waals surface area contributed by atoms with Gasteiger partial charge in [-0.1, -0.05) is 84.9 Å². The lowest BCUT2D eigenvalue weighted by Crippen LogP contribution is -2.24. The Kier molecular flexibility index (Phi) is 7.74. The summed E-state index contributed by atoms with van der Waals surface area (Å²) in [6.45, 7) is 0.417. The van der Waals surface area contributed by atoms with Crippen LogP contribution in [0.3, 0.4) is 0 Å². The Labute approximate surface area is 206 Å². The number of rotatable bonds is 8. The zero-order valence-electron chi connectivity index (χ0n) is 20.0. The van der Waals surface area contributed by atoms with Crippen LogP contribution in [-0.4, -0.2) is 20.0 Å². The molecule has 0 atom stereocenters. The molecular formula is C31H29FN2O. The summed E-state index contributed by atoms with van der Waals surface area (Å²) in [6, 6.07) is 30.8. The maximum atomic E-state index is 13.1. The summed E-state index contributed by atoms with van der Waals surface area (Å²) in [4.78, 5) is 14.6. The average molecular weight is 465 g/mol. The monoisotopic (exact) mass is 464 g/mol. The van der Waals surface area contributed by atoms with Crippen molar-refractivity contribution in [2.45, 2.75) is 13.0 Å². The molecule has 0 bridgehead atoms. The van der Waals surface area contributed by atoms with Gasteiger partial charge >= 0.3 is 0 Å². The lowest BCUT2D eigenvalue weighted by Gasteiger charge is -2.14. The summed E-state index contributed by atoms with van der Waals surface area (Å²) >= 11 is 0. The Morgan fingerprint density at radius 3 is 2.17 bits per heavy atom. The highest BCUT2D eigenvalue weighted by Gasteiger charge is 2.10. The van der Waals surface area contributed by atoms with Gasteiger partial charge in [0.1, 0.15) is 5.82 Å². The number of amides is 1. The Hall–Kier alpha value is -4.18. The van der Waals surface area contributed by atoms with E-state index in [9.17, 15) is 9.18 Å². The molecule has 176 valence electrons. The summed E-state index contributed by atoms with van der Waals surface area (Å²) in [7, 11) is 4.06. The molecule has 4 heteroatoms. The normalized spacial score (nSPS) is 10.9. The van der Waals surface area contributed by atoms with Crippen molar-refractivity contribution in [1.29, 1.82) is 0 Å². The van der Waals surface area contributed by atoms with E-state index in [1.54, 1.807) is 12.1 Å². The highest BCUT2D eigenvalue weighted by Crippen LogP contribution is 2.29. The minimum Gasteiger partial charge on any atom is -0.378 e. The molecular weight excluding hydrogens is 435 g/mol. The van der Waals surface area contributed by atoms with E-state index >= 15 is 0 Å². The molecule has 3 nitrogen and oxygen atoms in total. The van der Waals surface area contributed by atoms with E-state index in [2.05, 4.69) is 64.8 Å². The van der Waals surface area contributed by atoms with Crippen LogP contribution in [0.1, 0.15) is 22.3 Å². The van der Waals surface area contributed by atoms with Gasteiger partial charge in [-0.2, -0.15) is 0 Å². The predicted molar refractivity (Wildman–Crippen MR) is 144 cm³/mol. The number of carbonyl (C=O) groups excluding carboxylic acids is 1. The summed E-state index contributed by atoms with van der Waals surface area (Å²) < 4.78 is 13.1. The van der Waals surface area contributed by atoms with Gasteiger partial charge in [-0.25, -0.2) is 4.39 Å². The number of carbonyl (C=O) groups is 1. The lowest BCUT2D eigenvalue weighted by molar-refractivity contribution is -0.120. The van der Waals surface area contributed by atoms with Crippen LogP contribution in [0.4, 0.5) is 10.1 Å². The summed E-state index contributed by atoms with van der Waals surface area (Å²) in [5.41, 5.74) is 7.41. The zero-order chi connectivity index (χ0) is 24.6. The van der Waals surface area contributed by atoms with E-state index in [0.29, 0.717) is 6.54 Å². The molecule has 0 fully saturated rings. The van der Waals surface area contributed by atoms with Gasteiger partial charge in [0.25, 0.3) is 0 Å². The van der Waals surface area contributed by atoms with Crippen LogP contribution >= 0.6 is 0 Å². The molecule has 0 aliphatic rings. The van der Waals surface area contributed by atoms with E-state index in [0.717, 1.165) is 39.1 Å². The minimum absolute atomic E-state index is 0.0965. The molecule has 4 aromatic carbocycles. The van der Waals surface area contributed by atoms with Gasteiger partial charge in [0.2, 0.25) is 5.91 Å². The highest BCUT2D eigenvalue weighted by molar-refractivity contribution is 5.83. The van der Waals surface area contributed by atoms with Crippen molar-refractivity contribution in [1.82, 2.24) is 5.32 Å². The molecule has 0 aliphatic heterocycles. The largest absolute Gasteiger partial charge is 0.378 e. The molecule has 0 heterocycles. The van der Waals surface area contributed by atoms with Gasteiger partial charge < -0.3 is 10.2 Å². The molecule has 0 unspecified atom stereocenters. The van der Waals surface area contributed by atoms with Crippen molar-refractivity contribution in [3.05, 3.63) is 125 Å². The molecule has 0 spiro atoms. The molecule has 1 N–H and O–H groups in total. The average Bonchev–Trinajstić information content (AvgIpc) is 2.88. The SMILES string of the molecule is CN(C)c1ccc(C=Cc2ccccc2-c2ccccc2CNC(=O)Cc2ccc(F)cc2)cc1. The van der Waals surface area contributed by atoms with Gasteiger partial charge in [-0.3, -0.25) is 4.79 Å². The van der Waals surface area contributed by atoms with Gasteiger partial charge in [0, 0.05) is 26.3 Å². The van der Waals surface area contributed by atoms with Crippen molar-refractivity contribution < 1.29 is 9.18 Å². The number of halogens is 1. The van der Waals surface area contributed by atoms with Crippen LogP contribution in [0.5, 0.6) is 0 Å². The van der Waals surface area contributed by atoms with Crippen LogP contribution in [-0.2, 0) is 17.8 Å². The van der Waals surface area contributed by atoms with Crippen molar-refractivity contribution in [3.8, 4) is 11.1 Å². The first-order valence-corrected chi connectivity index (χ1v) is 11.6.